The number of ether oxygens (including phenoxy) is 3. The lowest BCUT2D eigenvalue weighted by Gasteiger charge is -2.22. The summed E-state index contributed by atoms with van der Waals surface area (Å²) in [4.78, 5) is 13.4. The quantitative estimate of drug-likeness (QED) is 0.387. The van der Waals surface area contributed by atoms with Crippen LogP contribution in [-0.4, -0.2) is 25.3 Å². The fourth-order valence-electron chi connectivity index (χ4n) is 2.91. The van der Waals surface area contributed by atoms with Crippen LogP contribution in [0.1, 0.15) is 44.3 Å². The van der Waals surface area contributed by atoms with Crippen LogP contribution >= 0.6 is 11.8 Å². The van der Waals surface area contributed by atoms with E-state index in [1.807, 2.05) is 17.8 Å². The van der Waals surface area contributed by atoms with Gasteiger partial charge in [0.15, 0.2) is 6.29 Å². The third-order valence-corrected chi connectivity index (χ3v) is 5.56. The smallest absolute Gasteiger partial charge is 0.227 e. The van der Waals surface area contributed by atoms with Gasteiger partial charge in [0.1, 0.15) is 18.6 Å². The lowest BCUT2D eigenvalue weighted by atomic mass is 10.2. The van der Waals surface area contributed by atoms with E-state index in [2.05, 4.69) is 24.3 Å². The molecule has 6 heteroatoms. The van der Waals surface area contributed by atoms with Crippen LogP contribution in [0.2, 0.25) is 0 Å². The average molecular weight is 405 g/mol. The second-order valence-corrected chi connectivity index (χ2v) is 7.92. The molecule has 1 unspecified atom stereocenters. The first-order valence-electron chi connectivity index (χ1n) is 9.97. The van der Waals surface area contributed by atoms with E-state index in [1.165, 1.54) is 17.2 Å². The fraction of sp³-hybridized carbons (Fsp3) is 0.500. The van der Waals surface area contributed by atoms with Crippen molar-refractivity contribution in [2.75, 3.05) is 19.0 Å². The predicted molar refractivity (Wildman–Crippen MR) is 110 cm³/mol. The van der Waals surface area contributed by atoms with E-state index < -0.39 is 0 Å². The molecule has 1 fully saturated rings. The van der Waals surface area contributed by atoms with E-state index in [0.717, 1.165) is 50.9 Å². The Morgan fingerprint density at radius 1 is 1.11 bits per heavy atom. The van der Waals surface area contributed by atoms with Crippen LogP contribution in [0.3, 0.4) is 0 Å². The molecule has 1 atom stereocenters. The SMILES string of the molecule is O=c1cc(COC2CCCCO2)occ1OCCCCCSc1ccccc1. The Bertz CT molecular complexity index is 740. The molecular weight excluding hydrogens is 376 g/mol. The summed E-state index contributed by atoms with van der Waals surface area (Å²) in [7, 11) is 0. The van der Waals surface area contributed by atoms with Crippen LogP contribution in [-0.2, 0) is 16.1 Å². The second-order valence-electron chi connectivity index (χ2n) is 6.75. The van der Waals surface area contributed by atoms with Gasteiger partial charge in [0.25, 0.3) is 0 Å². The molecule has 152 valence electrons. The maximum absolute atomic E-state index is 12.1. The Labute approximate surface area is 170 Å². The van der Waals surface area contributed by atoms with Crippen LogP contribution in [0.15, 0.2) is 56.8 Å². The maximum Gasteiger partial charge on any atom is 0.227 e. The summed E-state index contributed by atoms with van der Waals surface area (Å²) in [5.41, 5.74) is -0.172. The fourth-order valence-corrected chi connectivity index (χ4v) is 3.84. The predicted octanol–water partition coefficient (Wildman–Crippen LogP) is 5.02. The first kappa shape index (κ1) is 21.0. The molecule has 0 radical (unpaired) electrons. The van der Waals surface area contributed by atoms with Gasteiger partial charge in [0.05, 0.1) is 6.61 Å². The number of rotatable bonds is 11. The van der Waals surface area contributed by atoms with Gasteiger partial charge in [0.2, 0.25) is 11.2 Å². The van der Waals surface area contributed by atoms with Crippen LogP contribution in [0.5, 0.6) is 5.75 Å². The zero-order valence-corrected chi connectivity index (χ0v) is 17.0. The molecule has 5 nitrogen and oxygen atoms in total. The monoisotopic (exact) mass is 404 g/mol. The Hall–Kier alpha value is -1.76. The lowest BCUT2D eigenvalue weighted by molar-refractivity contribution is -0.171. The third-order valence-electron chi connectivity index (χ3n) is 4.46. The Morgan fingerprint density at radius 2 is 2.00 bits per heavy atom. The van der Waals surface area contributed by atoms with Crippen molar-refractivity contribution < 1.29 is 18.6 Å². The van der Waals surface area contributed by atoms with Crippen LogP contribution in [0.4, 0.5) is 0 Å². The Morgan fingerprint density at radius 3 is 2.79 bits per heavy atom. The van der Waals surface area contributed by atoms with Crippen LogP contribution < -0.4 is 10.2 Å². The van der Waals surface area contributed by atoms with E-state index >= 15 is 0 Å². The van der Waals surface area contributed by atoms with Crippen molar-refractivity contribution in [1.29, 1.82) is 0 Å². The topological polar surface area (TPSA) is 57.9 Å². The summed E-state index contributed by atoms with van der Waals surface area (Å²) < 4.78 is 22.2. The zero-order chi connectivity index (χ0) is 19.4. The highest BCUT2D eigenvalue weighted by Gasteiger charge is 2.15. The van der Waals surface area contributed by atoms with Crippen molar-refractivity contribution in [3.05, 3.63) is 58.6 Å². The van der Waals surface area contributed by atoms with E-state index in [1.54, 1.807) is 0 Å². The van der Waals surface area contributed by atoms with Crippen LogP contribution in [0, 0.1) is 0 Å². The van der Waals surface area contributed by atoms with Crippen molar-refractivity contribution in [1.82, 2.24) is 0 Å². The number of unbranched alkanes of at least 4 members (excludes halogenated alkanes) is 2. The normalized spacial score (nSPS) is 16.8. The van der Waals surface area contributed by atoms with Crippen molar-refractivity contribution >= 4 is 11.8 Å². The molecule has 1 saturated heterocycles. The van der Waals surface area contributed by atoms with Crippen molar-refractivity contribution in [3.8, 4) is 5.75 Å². The molecular formula is C22H28O5S. The molecule has 2 heterocycles. The van der Waals surface area contributed by atoms with Gasteiger partial charge < -0.3 is 18.6 Å². The average Bonchev–Trinajstić information content (AvgIpc) is 2.74. The molecule has 0 saturated carbocycles. The summed E-state index contributed by atoms with van der Waals surface area (Å²) in [6, 6.07) is 11.8. The van der Waals surface area contributed by atoms with E-state index in [0.29, 0.717) is 12.4 Å². The molecule has 1 aromatic heterocycles. The van der Waals surface area contributed by atoms with Gasteiger partial charge in [-0.25, -0.2) is 0 Å². The Balaban J connectivity index is 1.29. The molecule has 0 aliphatic carbocycles. The second kappa shape index (κ2) is 11.9. The molecule has 28 heavy (non-hydrogen) atoms. The van der Waals surface area contributed by atoms with Gasteiger partial charge in [-0.3, -0.25) is 4.79 Å². The van der Waals surface area contributed by atoms with Gasteiger partial charge in [-0.1, -0.05) is 18.2 Å². The van der Waals surface area contributed by atoms with Gasteiger partial charge in [-0.15, -0.1) is 11.8 Å². The highest BCUT2D eigenvalue weighted by atomic mass is 32.2. The van der Waals surface area contributed by atoms with Crippen LogP contribution in [0.25, 0.3) is 0 Å². The van der Waals surface area contributed by atoms with Crippen molar-refractivity contribution in [3.63, 3.8) is 0 Å². The molecule has 0 bridgehead atoms. The minimum absolute atomic E-state index is 0.172. The lowest BCUT2D eigenvalue weighted by Crippen LogP contribution is -2.22. The molecule has 3 rings (SSSR count). The maximum atomic E-state index is 12.1. The van der Waals surface area contributed by atoms with E-state index in [9.17, 15) is 4.79 Å². The molecule has 0 spiro atoms. The number of hydrogen-bond acceptors (Lipinski definition) is 6. The van der Waals surface area contributed by atoms with Crippen molar-refractivity contribution in [2.24, 2.45) is 0 Å². The molecule has 1 aliphatic rings. The molecule has 2 aromatic rings. The van der Waals surface area contributed by atoms with Gasteiger partial charge in [0, 0.05) is 17.6 Å². The van der Waals surface area contributed by atoms with Gasteiger partial charge in [-0.05, 0) is 56.4 Å². The first-order valence-corrected chi connectivity index (χ1v) is 11.0. The molecule has 1 aliphatic heterocycles. The summed E-state index contributed by atoms with van der Waals surface area (Å²) in [5.74, 6) is 1.84. The molecule has 1 aromatic carbocycles. The minimum Gasteiger partial charge on any atom is -0.487 e. The van der Waals surface area contributed by atoms with Gasteiger partial charge >= 0.3 is 0 Å². The highest BCUT2D eigenvalue weighted by Crippen LogP contribution is 2.19. The Kier molecular flexibility index (Phi) is 8.94. The number of thioether (sulfide) groups is 1. The van der Waals surface area contributed by atoms with Crippen molar-refractivity contribution in [2.45, 2.75) is 56.3 Å². The summed E-state index contributed by atoms with van der Waals surface area (Å²) in [6.45, 7) is 1.48. The first-order chi connectivity index (χ1) is 13.8. The number of hydrogen-bond donors (Lipinski definition) is 0. The number of benzene rings is 1. The van der Waals surface area contributed by atoms with E-state index in [-0.39, 0.29) is 24.1 Å². The highest BCUT2D eigenvalue weighted by molar-refractivity contribution is 7.99. The summed E-state index contributed by atoms with van der Waals surface area (Å²) >= 11 is 1.87. The third kappa shape index (κ3) is 7.34. The molecule has 0 N–H and O–H groups in total. The minimum atomic E-state index is -0.199. The van der Waals surface area contributed by atoms with Gasteiger partial charge in [-0.2, -0.15) is 0 Å². The summed E-state index contributed by atoms with van der Waals surface area (Å²) in [5, 5.41) is 0. The zero-order valence-electron chi connectivity index (χ0n) is 16.1. The van der Waals surface area contributed by atoms with E-state index in [4.69, 9.17) is 18.6 Å². The largest absolute Gasteiger partial charge is 0.487 e. The molecule has 0 amide bonds. The summed E-state index contributed by atoms with van der Waals surface area (Å²) in [6.07, 6.45) is 7.35. The standard InChI is InChI=1S/C22H28O5S/c23-20-15-18(16-27-22-11-5-7-13-25-22)26-17-21(20)24-12-6-2-8-14-28-19-9-3-1-4-10-19/h1,3-4,9-10,15,17,22H,2,5-8,11-14,16H2.